The summed E-state index contributed by atoms with van der Waals surface area (Å²) in [7, 11) is -5.73. The number of ether oxygens (including phenoxy) is 2. The van der Waals surface area contributed by atoms with Crippen molar-refractivity contribution in [2.24, 2.45) is 17.3 Å². The first kappa shape index (κ1) is 25.9. The summed E-state index contributed by atoms with van der Waals surface area (Å²) >= 11 is 0. The first-order valence-electron chi connectivity index (χ1n) is 10.3. The molecule has 0 radical (unpaired) electrons. The van der Waals surface area contributed by atoms with Crippen LogP contribution in [0.3, 0.4) is 0 Å². The first-order chi connectivity index (χ1) is 14.9. The van der Waals surface area contributed by atoms with Crippen LogP contribution < -0.4 is 0 Å². The molecule has 4 rings (SSSR count). The second kappa shape index (κ2) is 8.17. The Morgan fingerprint density at radius 2 is 1.64 bits per heavy atom. The maximum absolute atomic E-state index is 14.1. The summed E-state index contributed by atoms with van der Waals surface area (Å²) in [6.07, 6.45) is -7.81. The molecule has 188 valence electrons. The predicted octanol–water partition coefficient (Wildman–Crippen LogP) is 3.88. The highest BCUT2D eigenvalue weighted by Gasteiger charge is 2.67. The van der Waals surface area contributed by atoms with Crippen LogP contribution in [0.1, 0.15) is 51.9 Å². The molecule has 0 aromatic carbocycles. The lowest BCUT2D eigenvalue weighted by Gasteiger charge is -2.61. The monoisotopic (exact) mass is 504 g/mol. The Kier molecular flexibility index (Phi) is 6.40. The second-order valence-electron chi connectivity index (χ2n) is 9.58. The van der Waals surface area contributed by atoms with E-state index in [1.165, 1.54) is 6.92 Å². The molecule has 0 aromatic rings. The number of carbonyl (C=O) groups excluding carboxylic acids is 2. The van der Waals surface area contributed by atoms with Gasteiger partial charge >= 0.3 is 33.5 Å². The molecule has 33 heavy (non-hydrogen) atoms. The Balaban J connectivity index is 1.81. The molecule has 4 aliphatic rings. The molecule has 0 heterocycles. The third-order valence-electron chi connectivity index (χ3n) is 6.71. The third kappa shape index (κ3) is 4.89. The summed E-state index contributed by atoms with van der Waals surface area (Å²) in [5.41, 5.74) is -1.64. The summed E-state index contributed by atoms with van der Waals surface area (Å²) in [5.74, 6) is -2.13. The Morgan fingerprint density at radius 1 is 1.09 bits per heavy atom. The predicted molar refractivity (Wildman–Crippen MR) is 102 cm³/mol. The molecular weight excluding hydrogens is 479 g/mol. The average Bonchev–Trinajstić information content (AvgIpc) is 2.62. The lowest BCUT2D eigenvalue weighted by atomic mass is 9.47. The third-order valence-corrected chi connectivity index (χ3v) is 8.03. The zero-order valence-corrected chi connectivity index (χ0v) is 18.9. The van der Waals surface area contributed by atoms with Crippen LogP contribution in [0.15, 0.2) is 12.2 Å². The van der Waals surface area contributed by atoms with Crippen molar-refractivity contribution >= 4 is 22.1 Å². The Labute approximate surface area is 187 Å². The molecule has 4 bridgehead atoms. The van der Waals surface area contributed by atoms with Gasteiger partial charge < -0.3 is 9.47 Å². The molecule has 4 saturated carbocycles. The summed E-state index contributed by atoms with van der Waals surface area (Å²) in [5, 5.41) is -5.55. The van der Waals surface area contributed by atoms with E-state index in [0.29, 0.717) is 25.7 Å². The minimum absolute atomic E-state index is 0.0469. The van der Waals surface area contributed by atoms with Crippen LogP contribution in [0.2, 0.25) is 0 Å². The van der Waals surface area contributed by atoms with Gasteiger partial charge in [-0.3, -0.25) is 8.98 Å². The highest BCUT2D eigenvalue weighted by molar-refractivity contribution is 7.87. The van der Waals surface area contributed by atoms with Crippen LogP contribution in [0.5, 0.6) is 0 Å². The molecule has 0 aliphatic heterocycles. The SMILES string of the molecule is C=C(C)C(=O)OC12CC3CC(CC(CC(=O)OC(C(F)(F)F)C(F)(F)S(=O)(=O)OC)(C3)C1)C2. The van der Waals surface area contributed by atoms with E-state index in [9.17, 15) is 40.0 Å². The molecule has 0 aromatic heterocycles. The van der Waals surface area contributed by atoms with Crippen molar-refractivity contribution in [1.29, 1.82) is 0 Å². The van der Waals surface area contributed by atoms with Gasteiger partial charge in [-0.2, -0.15) is 30.4 Å². The molecule has 0 N–H and O–H groups in total. The fourth-order valence-electron chi connectivity index (χ4n) is 6.02. The Bertz CT molecular complexity index is 929. The summed E-state index contributed by atoms with van der Waals surface area (Å²) in [6, 6.07) is 0. The zero-order chi connectivity index (χ0) is 25.0. The van der Waals surface area contributed by atoms with Crippen molar-refractivity contribution in [3.05, 3.63) is 12.2 Å². The fourth-order valence-corrected chi connectivity index (χ4v) is 6.69. The van der Waals surface area contributed by atoms with E-state index >= 15 is 0 Å². The Morgan fingerprint density at radius 3 is 2.09 bits per heavy atom. The summed E-state index contributed by atoms with van der Waals surface area (Å²) in [4.78, 5) is 24.6. The number of hydrogen-bond donors (Lipinski definition) is 0. The summed E-state index contributed by atoms with van der Waals surface area (Å²) < 4.78 is 104. The van der Waals surface area contributed by atoms with Gasteiger partial charge in [0.1, 0.15) is 5.60 Å². The molecule has 13 heteroatoms. The minimum atomic E-state index is -6.01. The van der Waals surface area contributed by atoms with Crippen LogP contribution in [-0.2, 0) is 33.4 Å². The van der Waals surface area contributed by atoms with Gasteiger partial charge in [0.15, 0.2) is 0 Å². The summed E-state index contributed by atoms with van der Waals surface area (Å²) in [6.45, 7) is 5.01. The first-order valence-corrected chi connectivity index (χ1v) is 11.7. The number of hydrogen-bond acceptors (Lipinski definition) is 7. The standard InChI is InChI=1S/C20H25F5O7S/c1-11(2)15(27)32-18-7-12-4-13(8-18)6-17(5-12,10-18)9-14(26)31-16(19(21,22)23)20(24,25)33(28,29)30-3/h12-13,16H,1,4-10H2,2-3H3. The number of alkyl halides is 5. The average molecular weight is 504 g/mol. The van der Waals surface area contributed by atoms with E-state index in [1.807, 2.05) is 0 Å². The molecule has 0 spiro atoms. The van der Waals surface area contributed by atoms with Crippen LogP contribution in [0.4, 0.5) is 22.0 Å². The maximum atomic E-state index is 14.1. The van der Waals surface area contributed by atoms with Gasteiger partial charge in [-0.05, 0) is 62.7 Å². The van der Waals surface area contributed by atoms with Crippen LogP contribution in [-0.4, -0.2) is 50.6 Å². The van der Waals surface area contributed by atoms with Crippen LogP contribution in [0.25, 0.3) is 0 Å². The van der Waals surface area contributed by atoms with Crippen molar-refractivity contribution in [2.45, 2.75) is 75.0 Å². The molecule has 7 nitrogen and oxygen atoms in total. The van der Waals surface area contributed by atoms with Crippen molar-refractivity contribution in [3.8, 4) is 0 Å². The lowest BCUT2D eigenvalue weighted by Crippen LogP contribution is -2.58. The van der Waals surface area contributed by atoms with E-state index in [-0.39, 0.29) is 30.9 Å². The van der Waals surface area contributed by atoms with Crippen molar-refractivity contribution in [2.75, 3.05) is 7.11 Å². The second-order valence-corrected chi connectivity index (χ2v) is 11.4. The van der Waals surface area contributed by atoms with Crippen molar-refractivity contribution < 1.29 is 53.6 Å². The van der Waals surface area contributed by atoms with Crippen molar-refractivity contribution in [3.63, 3.8) is 0 Å². The fraction of sp³-hybridized carbons (Fsp3) is 0.800. The zero-order valence-electron chi connectivity index (χ0n) is 18.0. The van der Waals surface area contributed by atoms with Gasteiger partial charge in [0.2, 0.25) is 0 Å². The molecular formula is C20H25F5O7S. The van der Waals surface area contributed by atoms with Gasteiger partial charge in [0, 0.05) is 5.57 Å². The number of carbonyl (C=O) groups is 2. The minimum Gasteiger partial charge on any atom is -0.456 e. The Hall–Kier alpha value is -1.76. The van der Waals surface area contributed by atoms with E-state index in [0.717, 1.165) is 6.42 Å². The van der Waals surface area contributed by atoms with Crippen molar-refractivity contribution in [1.82, 2.24) is 0 Å². The van der Waals surface area contributed by atoms with E-state index in [4.69, 9.17) is 4.74 Å². The van der Waals surface area contributed by atoms with Crippen LogP contribution in [0, 0.1) is 17.3 Å². The maximum Gasteiger partial charge on any atom is 0.432 e. The lowest BCUT2D eigenvalue weighted by molar-refractivity contribution is -0.261. The number of halogens is 5. The molecule has 3 unspecified atom stereocenters. The van der Waals surface area contributed by atoms with Gasteiger partial charge in [-0.1, -0.05) is 6.58 Å². The van der Waals surface area contributed by atoms with Crippen LogP contribution >= 0.6 is 0 Å². The van der Waals surface area contributed by atoms with Gasteiger partial charge in [-0.25, -0.2) is 4.79 Å². The normalized spacial score (nSPS) is 32.3. The topological polar surface area (TPSA) is 96.0 Å². The molecule has 4 aliphatic carbocycles. The van der Waals surface area contributed by atoms with Gasteiger partial charge in [0.25, 0.3) is 6.10 Å². The largest absolute Gasteiger partial charge is 0.456 e. The molecule has 0 saturated heterocycles. The molecule has 0 amide bonds. The van der Waals surface area contributed by atoms with Gasteiger partial charge in [0.05, 0.1) is 13.5 Å². The van der Waals surface area contributed by atoms with E-state index < -0.39 is 57.0 Å². The highest BCUT2D eigenvalue weighted by Crippen LogP contribution is 2.64. The number of rotatable bonds is 8. The molecule has 4 fully saturated rings. The quantitative estimate of drug-likeness (QED) is 0.214. The van der Waals surface area contributed by atoms with E-state index in [1.54, 1.807) is 0 Å². The van der Waals surface area contributed by atoms with Gasteiger partial charge in [-0.15, -0.1) is 0 Å². The number of esters is 2. The molecule has 3 atom stereocenters. The smallest absolute Gasteiger partial charge is 0.432 e. The highest BCUT2D eigenvalue weighted by atomic mass is 32.2. The van der Waals surface area contributed by atoms with E-state index in [2.05, 4.69) is 15.5 Å².